The Kier molecular flexibility index (Phi) is 7.49. The van der Waals surface area contributed by atoms with Crippen molar-refractivity contribution in [1.29, 1.82) is 0 Å². The van der Waals surface area contributed by atoms with Gasteiger partial charge in [-0.25, -0.2) is 13.1 Å². The van der Waals surface area contributed by atoms with E-state index in [0.29, 0.717) is 23.4 Å². The van der Waals surface area contributed by atoms with Gasteiger partial charge in [-0.3, -0.25) is 0 Å². The first-order valence-electron chi connectivity index (χ1n) is 6.31. The summed E-state index contributed by atoms with van der Waals surface area (Å²) >= 11 is 5.98. The van der Waals surface area contributed by atoms with Crippen LogP contribution in [0.3, 0.4) is 0 Å². The molecule has 3 N–H and O–H groups in total. The number of benzene rings is 1. The van der Waals surface area contributed by atoms with Crippen LogP contribution in [0.5, 0.6) is 0 Å². The number of halogens is 2. The smallest absolute Gasteiger partial charge is 0.241 e. The molecule has 7 heteroatoms. The summed E-state index contributed by atoms with van der Waals surface area (Å²) in [6.45, 7) is 5.80. The van der Waals surface area contributed by atoms with Gasteiger partial charge in [0.1, 0.15) is 0 Å². The summed E-state index contributed by atoms with van der Waals surface area (Å²) < 4.78 is 27.7. The molecule has 0 unspecified atom stereocenters. The van der Waals surface area contributed by atoms with Gasteiger partial charge < -0.3 is 5.73 Å². The molecular formula is C13H22Cl2N2O2S. The quantitative estimate of drug-likeness (QED) is 0.836. The molecule has 0 spiro atoms. The van der Waals surface area contributed by atoms with Crippen LogP contribution >= 0.6 is 24.0 Å². The van der Waals surface area contributed by atoms with Gasteiger partial charge in [-0.1, -0.05) is 31.5 Å². The summed E-state index contributed by atoms with van der Waals surface area (Å²) in [5.74, 6) is 0. The van der Waals surface area contributed by atoms with Crippen LogP contribution < -0.4 is 10.5 Å². The first-order valence-corrected chi connectivity index (χ1v) is 8.17. The van der Waals surface area contributed by atoms with E-state index >= 15 is 0 Å². The molecule has 0 heterocycles. The Morgan fingerprint density at radius 1 is 1.30 bits per heavy atom. The topological polar surface area (TPSA) is 72.2 Å². The summed E-state index contributed by atoms with van der Waals surface area (Å²) in [4.78, 5) is 0.208. The van der Waals surface area contributed by atoms with Crippen LogP contribution in [0, 0.1) is 6.92 Å². The van der Waals surface area contributed by atoms with Crippen molar-refractivity contribution in [1.82, 2.24) is 4.72 Å². The van der Waals surface area contributed by atoms with Gasteiger partial charge in [0.25, 0.3) is 0 Å². The van der Waals surface area contributed by atoms with Crippen LogP contribution in [0.25, 0.3) is 0 Å². The van der Waals surface area contributed by atoms with Crippen molar-refractivity contribution in [3.63, 3.8) is 0 Å². The number of nitrogens with two attached hydrogens (primary N) is 1. The number of sulfonamides is 1. The highest BCUT2D eigenvalue weighted by Gasteiger charge is 2.31. The van der Waals surface area contributed by atoms with E-state index < -0.39 is 15.6 Å². The zero-order chi connectivity index (χ0) is 14.7. The Morgan fingerprint density at radius 3 is 2.30 bits per heavy atom. The van der Waals surface area contributed by atoms with Crippen molar-refractivity contribution in [2.75, 3.05) is 6.54 Å². The van der Waals surface area contributed by atoms with E-state index in [-0.39, 0.29) is 23.8 Å². The Balaban J connectivity index is 0.00000361. The van der Waals surface area contributed by atoms with Gasteiger partial charge in [-0.05, 0) is 37.5 Å². The van der Waals surface area contributed by atoms with Crippen molar-refractivity contribution in [2.24, 2.45) is 5.73 Å². The van der Waals surface area contributed by atoms with Gasteiger partial charge in [0.2, 0.25) is 10.0 Å². The van der Waals surface area contributed by atoms with E-state index in [0.717, 1.165) is 0 Å². The first-order chi connectivity index (χ1) is 8.82. The van der Waals surface area contributed by atoms with Gasteiger partial charge in [-0.15, -0.1) is 12.4 Å². The predicted molar refractivity (Wildman–Crippen MR) is 86.1 cm³/mol. The summed E-state index contributed by atoms with van der Waals surface area (Å²) in [7, 11) is -3.62. The zero-order valence-electron chi connectivity index (χ0n) is 11.9. The minimum atomic E-state index is -3.62. The second kappa shape index (κ2) is 7.61. The minimum Gasteiger partial charge on any atom is -0.329 e. The van der Waals surface area contributed by atoms with Crippen molar-refractivity contribution in [3.8, 4) is 0 Å². The Morgan fingerprint density at radius 2 is 1.85 bits per heavy atom. The molecule has 0 aliphatic rings. The van der Waals surface area contributed by atoms with Gasteiger partial charge in [0.15, 0.2) is 0 Å². The zero-order valence-corrected chi connectivity index (χ0v) is 14.3. The molecule has 0 aromatic heterocycles. The number of hydrogen-bond donors (Lipinski definition) is 2. The van der Waals surface area contributed by atoms with E-state index in [9.17, 15) is 8.42 Å². The van der Waals surface area contributed by atoms with E-state index in [1.165, 1.54) is 0 Å². The molecule has 0 fully saturated rings. The largest absolute Gasteiger partial charge is 0.329 e. The average molecular weight is 341 g/mol. The van der Waals surface area contributed by atoms with Crippen molar-refractivity contribution >= 4 is 34.0 Å². The van der Waals surface area contributed by atoms with Crippen molar-refractivity contribution in [2.45, 2.75) is 44.0 Å². The molecular weight excluding hydrogens is 319 g/mol. The fourth-order valence-corrected chi connectivity index (χ4v) is 4.00. The number of rotatable bonds is 6. The number of hydrogen-bond acceptors (Lipinski definition) is 3. The molecule has 20 heavy (non-hydrogen) atoms. The lowest BCUT2D eigenvalue weighted by molar-refractivity contribution is 0.363. The third-order valence-corrected chi connectivity index (χ3v) is 5.74. The Hall–Kier alpha value is -0.330. The third kappa shape index (κ3) is 4.09. The predicted octanol–water partition coefficient (Wildman–Crippen LogP) is 2.87. The molecule has 1 aromatic carbocycles. The maximum absolute atomic E-state index is 12.5. The lowest BCUT2D eigenvalue weighted by Crippen LogP contribution is -2.52. The van der Waals surface area contributed by atoms with Crippen LogP contribution in [0.15, 0.2) is 23.1 Å². The molecule has 0 radical (unpaired) electrons. The van der Waals surface area contributed by atoms with Crippen molar-refractivity contribution < 1.29 is 8.42 Å². The van der Waals surface area contributed by atoms with Crippen LogP contribution in [0.2, 0.25) is 5.02 Å². The maximum Gasteiger partial charge on any atom is 0.241 e. The second-order valence-electron chi connectivity index (χ2n) is 4.66. The Bertz CT molecular complexity index is 535. The summed E-state index contributed by atoms with van der Waals surface area (Å²) in [6.07, 6.45) is 1.28. The highest BCUT2D eigenvalue weighted by Crippen LogP contribution is 2.25. The normalized spacial score (nSPS) is 12.1. The molecule has 116 valence electrons. The standard InChI is InChI=1S/C13H21ClN2O2S.ClH/c1-4-13(5-2,9-15)16-19(17,18)12-8-6-7-11(14)10(12)3;/h6-8,16H,4-5,9,15H2,1-3H3;1H. The molecule has 0 saturated heterocycles. The summed E-state index contributed by atoms with van der Waals surface area (Å²) in [6, 6.07) is 4.85. The fraction of sp³-hybridized carbons (Fsp3) is 0.538. The molecule has 0 aliphatic carbocycles. The average Bonchev–Trinajstić information content (AvgIpc) is 2.39. The maximum atomic E-state index is 12.5. The molecule has 0 aliphatic heterocycles. The van der Waals surface area contributed by atoms with E-state index in [1.54, 1.807) is 25.1 Å². The molecule has 1 aromatic rings. The Labute approximate surface area is 132 Å². The van der Waals surface area contributed by atoms with E-state index in [2.05, 4.69) is 4.72 Å². The summed E-state index contributed by atoms with van der Waals surface area (Å²) in [5, 5.41) is 0.439. The minimum absolute atomic E-state index is 0. The number of nitrogens with one attached hydrogen (secondary N) is 1. The van der Waals surface area contributed by atoms with Crippen LogP contribution in [-0.2, 0) is 10.0 Å². The van der Waals surface area contributed by atoms with E-state index in [4.69, 9.17) is 17.3 Å². The molecule has 1 rings (SSSR count). The fourth-order valence-electron chi connectivity index (χ4n) is 1.94. The SMILES string of the molecule is CCC(CC)(CN)NS(=O)(=O)c1cccc(Cl)c1C.Cl. The third-order valence-electron chi connectivity index (χ3n) is 3.60. The highest BCUT2D eigenvalue weighted by molar-refractivity contribution is 7.89. The molecule has 4 nitrogen and oxygen atoms in total. The molecule has 0 bridgehead atoms. The second-order valence-corrected chi connectivity index (χ2v) is 6.72. The molecule has 0 saturated carbocycles. The lowest BCUT2D eigenvalue weighted by atomic mass is 9.95. The van der Waals surface area contributed by atoms with Gasteiger partial charge in [0, 0.05) is 17.1 Å². The molecule has 0 amide bonds. The van der Waals surface area contributed by atoms with Crippen LogP contribution in [-0.4, -0.2) is 20.5 Å². The summed E-state index contributed by atoms with van der Waals surface area (Å²) in [5.41, 5.74) is 5.68. The monoisotopic (exact) mass is 340 g/mol. The van der Waals surface area contributed by atoms with E-state index in [1.807, 2.05) is 13.8 Å². The van der Waals surface area contributed by atoms with Gasteiger partial charge >= 0.3 is 0 Å². The van der Waals surface area contributed by atoms with Crippen LogP contribution in [0.4, 0.5) is 0 Å². The van der Waals surface area contributed by atoms with Gasteiger partial charge in [0.05, 0.1) is 4.90 Å². The van der Waals surface area contributed by atoms with Crippen LogP contribution in [0.1, 0.15) is 32.3 Å². The highest BCUT2D eigenvalue weighted by atomic mass is 35.5. The first kappa shape index (κ1) is 19.7. The van der Waals surface area contributed by atoms with Crippen molar-refractivity contribution in [3.05, 3.63) is 28.8 Å². The lowest BCUT2D eigenvalue weighted by Gasteiger charge is -2.31. The van der Waals surface area contributed by atoms with Gasteiger partial charge in [-0.2, -0.15) is 0 Å². The molecule has 0 atom stereocenters.